The number of likely N-dealkylation sites (N-methyl/N-ethyl adjacent to an activating group) is 2. The molecule has 2 rings (SSSR count). The fraction of sp³-hybridized carbons (Fsp3) is 0.766. The minimum Gasteiger partial charge on any atom is -0.480 e. The molecule has 13 unspecified atom stereocenters. The van der Waals surface area contributed by atoms with Gasteiger partial charge in [0, 0.05) is 47.3 Å². The van der Waals surface area contributed by atoms with Gasteiger partial charge in [-0.1, -0.05) is 92.1 Å². The number of methoxy groups -OCH3 is 2. The van der Waals surface area contributed by atoms with E-state index in [4.69, 9.17) is 9.47 Å². The normalized spacial score (nSPS) is 20.0. The molecule has 0 radical (unpaired) electrons. The Labute approximate surface area is 381 Å². The largest absolute Gasteiger partial charge is 0.480 e. The highest BCUT2D eigenvalue weighted by Gasteiger charge is 2.43. The highest BCUT2D eigenvalue weighted by Crippen LogP contribution is 2.30. The number of rotatable bonds is 28. The number of aliphatic hydroxyl groups is 4. The van der Waals surface area contributed by atoms with Gasteiger partial charge in [0.15, 0.2) is 0 Å². The number of aliphatic hydroxyl groups excluding tert-OH is 4. The second-order valence-corrected chi connectivity index (χ2v) is 18.4. The number of carbonyl (C=O) groups is 5. The number of ether oxygens (including phenoxy) is 2. The summed E-state index contributed by atoms with van der Waals surface area (Å²) in [6.45, 7) is 15.0. The van der Waals surface area contributed by atoms with E-state index in [1.54, 1.807) is 66.9 Å². The Hall–Kier alpha value is -3.71. The first-order chi connectivity index (χ1) is 30.1. The Balaban J connectivity index is 2.24. The molecule has 1 fully saturated rings. The molecule has 1 saturated heterocycles. The van der Waals surface area contributed by atoms with Crippen molar-refractivity contribution in [1.82, 2.24) is 25.3 Å². The molecule has 64 heavy (non-hydrogen) atoms. The summed E-state index contributed by atoms with van der Waals surface area (Å²) in [6.07, 6.45) is -5.18. The van der Waals surface area contributed by atoms with Crippen LogP contribution >= 0.6 is 0 Å². The fourth-order valence-corrected chi connectivity index (χ4v) is 9.07. The molecule has 0 aliphatic carbocycles. The summed E-state index contributed by atoms with van der Waals surface area (Å²) in [7, 11) is 6.30. The number of aliphatic carboxylic acids is 1. The van der Waals surface area contributed by atoms with Crippen LogP contribution in [-0.4, -0.2) is 179 Å². The topological polar surface area (TPSA) is 239 Å². The molecule has 0 aromatic heterocycles. The van der Waals surface area contributed by atoms with Crippen LogP contribution in [0.1, 0.15) is 93.1 Å². The van der Waals surface area contributed by atoms with Crippen molar-refractivity contribution >= 4 is 29.6 Å². The Morgan fingerprint density at radius 1 is 0.844 bits per heavy atom. The summed E-state index contributed by atoms with van der Waals surface area (Å²) < 4.78 is 11.9. The summed E-state index contributed by atoms with van der Waals surface area (Å²) in [5, 5.41) is 56.9. The smallest absolute Gasteiger partial charge is 0.326 e. The minimum atomic E-state index is -1.64. The lowest BCUT2D eigenvalue weighted by Crippen LogP contribution is -2.56. The molecule has 17 nitrogen and oxygen atoms in total. The number of carbonyl (C=O) groups excluding carboxylic acids is 4. The molecule has 4 amide bonds. The first-order valence-corrected chi connectivity index (χ1v) is 23.0. The lowest BCUT2D eigenvalue weighted by molar-refractivity contribution is -0.148. The maximum atomic E-state index is 14.5. The average Bonchev–Trinajstić information content (AvgIpc) is 3.74. The third-order valence-electron chi connectivity index (χ3n) is 13.2. The molecular weight excluding hydrogens is 827 g/mol. The van der Waals surface area contributed by atoms with E-state index in [-0.39, 0.29) is 67.8 Å². The van der Waals surface area contributed by atoms with Crippen LogP contribution in [0.25, 0.3) is 0 Å². The molecule has 0 bridgehead atoms. The van der Waals surface area contributed by atoms with E-state index < -0.39 is 84.5 Å². The molecule has 13 atom stereocenters. The second kappa shape index (κ2) is 27.1. The first-order valence-electron chi connectivity index (χ1n) is 23.0. The van der Waals surface area contributed by atoms with Crippen molar-refractivity contribution in [1.29, 1.82) is 0 Å². The first kappa shape index (κ1) is 56.4. The van der Waals surface area contributed by atoms with Crippen LogP contribution in [0.3, 0.4) is 0 Å². The van der Waals surface area contributed by atoms with Gasteiger partial charge in [0.05, 0.1) is 60.8 Å². The standard InChI is InChI=1S/C47H81N5O12/c1-13-29(7)40(51(10)46(60)32(27(3)4)25-48-45(59)39(28(5)6)50(9)26-36(54)42(57)41(56)35(53)14-2)37(63-11)24-38(55)52-22-18-21-34(52)43(64-12)30(8)44(58)49-33(47(61)62)23-31-19-16-15-17-20-31/h15-17,19-20,27-30,32-37,39-43,53-54,56-57H,13-14,18,21-26H2,1-12H3,(H,48,59)(H,49,58)(H,61,62). The number of carboxylic acids is 1. The average molecular weight is 908 g/mol. The number of nitrogens with one attached hydrogen (secondary N) is 2. The van der Waals surface area contributed by atoms with E-state index >= 15 is 0 Å². The van der Waals surface area contributed by atoms with Gasteiger partial charge < -0.3 is 55.4 Å². The highest BCUT2D eigenvalue weighted by molar-refractivity contribution is 5.86. The van der Waals surface area contributed by atoms with Crippen molar-refractivity contribution in [2.45, 2.75) is 155 Å². The van der Waals surface area contributed by atoms with Crippen molar-refractivity contribution in [2.75, 3.05) is 47.9 Å². The molecule has 7 N–H and O–H groups in total. The van der Waals surface area contributed by atoms with Gasteiger partial charge >= 0.3 is 5.97 Å². The van der Waals surface area contributed by atoms with Crippen molar-refractivity contribution < 1.29 is 59.0 Å². The summed E-state index contributed by atoms with van der Waals surface area (Å²) >= 11 is 0. The Morgan fingerprint density at radius 3 is 1.97 bits per heavy atom. The molecule has 1 aliphatic heterocycles. The SMILES string of the molecule is CCC(C)C(C(CC(=O)N1CCCC1C(OC)C(C)C(=O)NC(Cc1ccccc1)C(=O)O)OC)N(C)C(=O)C(CNC(=O)C(C(C)C)N(C)CC(O)C(O)C(O)C(O)CC)C(C)C. The number of hydrogen-bond donors (Lipinski definition) is 7. The van der Waals surface area contributed by atoms with Crippen LogP contribution in [-0.2, 0) is 39.9 Å². The van der Waals surface area contributed by atoms with Gasteiger partial charge in [0.25, 0.3) is 0 Å². The monoisotopic (exact) mass is 908 g/mol. The third kappa shape index (κ3) is 15.4. The van der Waals surface area contributed by atoms with E-state index in [0.29, 0.717) is 25.8 Å². The zero-order valence-electron chi connectivity index (χ0n) is 40.3. The number of hydrogen-bond acceptors (Lipinski definition) is 12. The Bertz CT molecular complexity index is 1600. The van der Waals surface area contributed by atoms with E-state index in [0.717, 1.165) is 5.56 Å². The van der Waals surface area contributed by atoms with Gasteiger partial charge in [0.2, 0.25) is 23.6 Å². The zero-order valence-corrected chi connectivity index (χ0v) is 40.3. The molecular formula is C47H81N5O12. The van der Waals surface area contributed by atoms with Crippen molar-refractivity contribution in [2.24, 2.45) is 29.6 Å². The predicted molar refractivity (Wildman–Crippen MR) is 243 cm³/mol. The summed E-state index contributed by atoms with van der Waals surface area (Å²) in [6, 6.07) is 6.11. The molecule has 1 heterocycles. The van der Waals surface area contributed by atoms with Crippen LogP contribution in [0.5, 0.6) is 0 Å². The second-order valence-electron chi connectivity index (χ2n) is 18.4. The molecule has 1 aromatic rings. The maximum Gasteiger partial charge on any atom is 0.326 e. The van der Waals surface area contributed by atoms with Crippen molar-refractivity contribution in [3.8, 4) is 0 Å². The quantitative estimate of drug-likeness (QED) is 0.0637. The third-order valence-corrected chi connectivity index (χ3v) is 13.2. The van der Waals surface area contributed by atoms with E-state index in [9.17, 15) is 49.5 Å². The molecule has 0 saturated carbocycles. The number of nitrogens with zero attached hydrogens (tertiary/aromatic N) is 3. The highest BCUT2D eigenvalue weighted by atomic mass is 16.5. The number of benzene rings is 1. The van der Waals surface area contributed by atoms with Gasteiger partial charge in [-0.15, -0.1) is 0 Å². The van der Waals surface area contributed by atoms with Gasteiger partial charge in [-0.05, 0) is 49.6 Å². The van der Waals surface area contributed by atoms with Crippen molar-refractivity contribution in [3.63, 3.8) is 0 Å². The lowest BCUT2D eigenvalue weighted by Gasteiger charge is -2.41. The molecule has 1 aromatic carbocycles. The van der Waals surface area contributed by atoms with E-state index in [1.807, 2.05) is 47.6 Å². The molecule has 1 aliphatic rings. The zero-order chi connectivity index (χ0) is 48.6. The molecule has 17 heteroatoms. The van der Waals surface area contributed by atoms with Crippen LogP contribution < -0.4 is 10.6 Å². The summed E-state index contributed by atoms with van der Waals surface area (Å²) in [5.74, 6) is -4.50. The van der Waals surface area contributed by atoms with Gasteiger partial charge in [0.1, 0.15) is 18.2 Å². The lowest BCUT2D eigenvalue weighted by atomic mass is 9.87. The van der Waals surface area contributed by atoms with Gasteiger partial charge in [-0.2, -0.15) is 0 Å². The number of amides is 4. The minimum absolute atomic E-state index is 0.00617. The summed E-state index contributed by atoms with van der Waals surface area (Å²) in [5.41, 5.74) is 0.764. The van der Waals surface area contributed by atoms with E-state index in [2.05, 4.69) is 10.6 Å². The van der Waals surface area contributed by atoms with Crippen molar-refractivity contribution in [3.05, 3.63) is 35.9 Å². The van der Waals surface area contributed by atoms with Crippen LogP contribution in [0.2, 0.25) is 0 Å². The van der Waals surface area contributed by atoms with E-state index in [1.165, 1.54) is 14.2 Å². The van der Waals surface area contributed by atoms with Crippen LogP contribution in [0.4, 0.5) is 0 Å². The van der Waals surface area contributed by atoms with Crippen LogP contribution in [0.15, 0.2) is 30.3 Å². The van der Waals surface area contributed by atoms with Gasteiger partial charge in [-0.25, -0.2) is 4.79 Å². The van der Waals surface area contributed by atoms with Gasteiger partial charge in [-0.3, -0.25) is 24.1 Å². The van der Waals surface area contributed by atoms with Crippen LogP contribution in [0, 0.1) is 29.6 Å². The number of carboxylic acid groups (broad SMARTS) is 1. The predicted octanol–water partition coefficient (Wildman–Crippen LogP) is 1.92. The fourth-order valence-electron chi connectivity index (χ4n) is 9.07. The maximum absolute atomic E-state index is 14.5. The Kier molecular flexibility index (Phi) is 23.9. The number of likely N-dealkylation sites (tertiary alicyclic amines) is 1. The Morgan fingerprint density at radius 2 is 1.45 bits per heavy atom. The molecule has 0 spiro atoms. The molecule has 366 valence electrons. The summed E-state index contributed by atoms with van der Waals surface area (Å²) in [4.78, 5) is 73.2.